The van der Waals surface area contributed by atoms with Crippen LogP contribution < -0.4 is 16.2 Å². The molecule has 0 saturated carbocycles. The van der Waals surface area contributed by atoms with Crippen LogP contribution in [-0.4, -0.2) is 11.8 Å². The summed E-state index contributed by atoms with van der Waals surface area (Å²) in [5, 5.41) is 9.64. The molecule has 11 aromatic rings. The van der Waals surface area contributed by atoms with Crippen molar-refractivity contribution in [2.45, 2.75) is 71.6 Å². The highest BCUT2D eigenvalue weighted by molar-refractivity contribution is 6.73. The van der Waals surface area contributed by atoms with E-state index < -0.39 is 0 Å². The van der Waals surface area contributed by atoms with Gasteiger partial charge in [-0.05, 0) is 104 Å². The Kier molecular flexibility index (Phi) is 7.96. The molecule has 3 aromatic heterocycles. The number of anilines is 2. The predicted octanol–water partition coefficient (Wildman–Crippen LogP) is 15.4. The first-order valence-electron chi connectivity index (χ1n) is 23.3. The second-order valence-corrected chi connectivity index (χ2v) is 21.3. The SMILES string of the molecule is CC(C)(C)c1ccc(Nc2cc3c(cc2-c2ccc4c5cc6oc7ccccc7c6cc5n5c4c2[B]c2cc4cc(-c6ccccc6)oc4cc2-5)-c2ccc(C(C)(C)C)cc2C3(C)C)cc1. The molecule has 66 heavy (non-hydrogen) atoms. The molecule has 0 bridgehead atoms. The van der Waals surface area contributed by atoms with Gasteiger partial charge in [0.05, 0.1) is 5.52 Å². The summed E-state index contributed by atoms with van der Waals surface area (Å²) < 4.78 is 15.7. The summed E-state index contributed by atoms with van der Waals surface area (Å²) in [4.78, 5) is 0. The van der Waals surface area contributed by atoms with Crippen LogP contribution in [0.3, 0.4) is 0 Å². The molecule has 1 aliphatic carbocycles. The van der Waals surface area contributed by atoms with Crippen LogP contribution in [0.4, 0.5) is 11.4 Å². The van der Waals surface area contributed by atoms with E-state index in [1.165, 1.54) is 60.9 Å². The topological polar surface area (TPSA) is 43.2 Å². The van der Waals surface area contributed by atoms with Crippen LogP contribution in [0, 0.1) is 0 Å². The predicted molar refractivity (Wildman–Crippen MR) is 278 cm³/mol. The highest BCUT2D eigenvalue weighted by atomic mass is 16.3. The molecule has 4 nitrogen and oxygen atoms in total. The lowest BCUT2D eigenvalue weighted by atomic mass is 9.59. The van der Waals surface area contributed by atoms with Crippen LogP contribution in [-0.2, 0) is 16.2 Å². The van der Waals surface area contributed by atoms with E-state index in [0.717, 1.165) is 77.7 Å². The van der Waals surface area contributed by atoms with Crippen LogP contribution in [0.5, 0.6) is 0 Å². The Labute approximate surface area is 386 Å². The maximum atomic E-state index is 6.66. The van der Waals surface area contributed by atoms with E-state index in [0.29, 0.717) is 0 Å². The van der Waals surface area contributed by atoms with Crippen LogP contribution in [0.1, 0.15) is 77.6 Å². The average molecular weight is 854 g/mol. The maximum absolute atomic E-state index is 6.66. The van der Waals surface area contributed by atoms with Crippen molar-refractivity contribution in [3.05, 3.63) is 174 Å². The number of benzene rings is 8. The molecule has 1 radical (unpaired) electrons. The van der Waals surface area contributed by atoms with Gasteiger partial charge in [-0.3, -0.25) is 0 Å². The fraction of sp³-hybridized carbons (Fsp3) is 0.180. The molecule has 319 valence electrons. The van der Waals surface area contributed by atoms with Crippen LogP contribution in [0.15, 0.2) is 160 Å². The maximum Gasteiger partial charge on any atom is 0.197 e. The summed E-state index contributed by atoms with van der Waals surface area (Å²) in [6, 6.07) is 55.9. The average Bonchev–Trinajstić information content (AvgIpc) is 4.03. The van der Waals surface area contributed by atoms with Crippen molar-refractivity contribution in [1.29, 1.82) is 0 Å². The zero-order valence-electron chi connectivity index (χ0n) is 38.8. The van der Waals surface area contributed by atoms with Crippen LogP contribution in [0.25, 0.3) is 94.0 Å². The summed E-state index contributed by atoms with van der Waals surface area (Å²) >= 11 is 0. The molecule has 0 fully saturated rings. The minimum atomic E-state index is -0.192. The first kappa shape index (κ1) is 39.2. The Bertz CT molecular complexity index is 3850. The largest absolute Gasteiger partial charge is 0.456 e. The van der Waals surface area contributed by atoms with Gasteiger partial charge >= 0.3 is 0 Å². The molecule has 0 amide bonds. The molecule has 4 heterocycles. The van der Waals surface area contributed by atoms with Crippen molar-refractivity contribution in [1.82, 2.24) is 4.57 Å². The van der Waals surface area contributed by atoms with Gasteiger partial charge in [-0.1, -0.05) is 158 Å². The van der Waals surface area contributed by atoms with E-state index in [1.54, 1.807) is 0 Å². The van der Waals surface area contributed by atoms with E-state index in [9.17, 15) is 0 Å². The number of rotatable bonds is 4. The van der Waals surface area contributed by atoms with Gasteiger partial charge in [0.15, 0.2) is 7.28 Å². The number of hydrogen-bond acceptors (Lipinski definition) is 3. The van der Waals surface area contributed by atoms with Crippen molar-refractivity contribution >= 4 is 84.3 Å². The molecule has 13 rings (SSSR count). The summed E-state index contributed by atoms with van der Waals surface area (Å²) in [5.41, 5.74) is 21.9. The molecule has 8 aromatic carbocycles. The fourth-order valence-corrected chi connectivity index (χ4v) is 11.1. The van der Waals surface area contributed by atoms with E-state index in [-0.39, 0.29) is 16.2 Å². The second-order valence-electron chi connectivity index (χ2n) is 21.3. The number of fused-ring (bicyclic) bond motifs is 12. The Morgan fingerprint density at radius 2 is 1.26 bits per heavy atom. The third-order valence-electron chi connectivity index (χ3n) is 14.7. The van der Waals surface area contributed by atoms with Gasteiger partial charge in [0.2, 0.25) is 0 Å². The van der Waals surface area contributed by atoms with Crippen molar-refractivity contribution in [3.8, 4) is 39.3 Å². The normalized spacial score (nSPS) is 14.0. The van der Waals surface area contributed by atoms with E-state index in [4.69, 9.17) is 8.83 Å². The van der Waals surface area contributed by atoms with E-state index >= 15 is 0 Å². The Morgan fingerprint density at radius 3 is 2.05 bits per heavy atom. The minimum absolute atomic E-state index is 0.0421. The lowest BCUT2D eigenvalue weighted by Crippen LogP contribution is -2.37. The van der Waals surface area contributed by atoms with Gasteiger partial charge in [-0.2, -0.15) is 0 Å². The van der Waals surface area contributed by atoms with Crippen molar-refractivity contribution < 1.29 is 8.83 Å². The van der Waals surface area contributed by atoms with Gasteiger partial charge in [-0.15, -0.1) is 0 Å². The number of aromatic nitrogens is 1. The number of hydrogen-bond donors (Lipinski definition) is 1. The lowest BCUT2D eigenvalue weighted by Gasteiger charge is -2.27. The second kappa shape index (κ2) is 13.4. The summed E-state index contributed by atoms with van der Waals surface area (Å²) in [7, 11) is 2.42. The Balaban J connectivity index is 1.08. The van der Waals surface area contributed by atoms with Crippen LogP contribution >= 0.6 is 0 Å². The first-order valence-corrected chi connectivity index (χ1v) is 23.3. The molecule has 2 aliphatic rings. The molecule has 0 saturated heterocycles. The first-order chi connectivity index (χ1) is 31.7. The summed E-state index contributed by atoms with van der Waals surface area (Å²) in [5.74, 6) is 0.863. The van der Waals surface area contributed by atoms with Gasteiger partial charge in [0, 0.05) is 72.1 Å². The molecule has 0 spiro atoms. The van der Waals surface area contributed by atoms with Gasteiger partial charge in [-0.25, -0.2) is 0 Å². The lowest BCUT2D eigenvalue weighted by molar-refractivity contribution is 0.584. The summed E-state index contributed by atoms with van der Waals surface area (Å²) in [6.45, 7) is 18.5. The minimum Gasteiger partial charge on any atom is -0.456 e. The zero-order chi connectivity index (χ0) is 45.0. The third-order valence-corrected chi connectivity index (χ3v) is 14.7. The van der Waals surface area contributed by atoms with Gasteiger partial charge < -0.3 is 18.7 Å². The zero-order valence-corrected chi connectivity index (χ0v) is 38.8. The van der Waals surface area contributed by atoms with Crippen molar-refractivity contribution in [2.24, 2.45) is 0 Å². The van der Waals surface area contributed by atoms with E-state index in [2.05, 4.69) is 212 Å². The fourth-order valence-electron chi connectivity index (χ4n) is 11.1. The molecular weight excluding hydrogens is 803 g/mol. The number of furan rings is 2. The Hall–Kier alpha value is -7.24. The quantitative estimate of drug-likeness (QED) is 0.179. The third kappa shape index (κ3) is 5.71. The monoisotopic (exact) mass is 853 g/mol. The molecule has 5 heteroatoms. The van der Waals surface area contributed by atoms with Crippen molar-refractivity contribution in [2.75, 3.05) is 5.32 Å². The molecule has 1 aliphatic heterocycles. The number of nitrogens with zero attached hydrogens (tertiary/aromatic N) is 1. The number of nitrogens with one attached hydrogen (secondary N) is 1. The highest BCUT2D eigenvalue weighted by Crippen LogP contribution is 2.53. The molecule has 0 atom stereocenters. The van der Waals surface area contributed by atoms with Crippen molar-refractivity contribution in [3.63, 3.8) is 0 Å². The number of para-hydroxylation sites is 1. The van der Waals surface area contributed by atoms with Crippen LogP contribution in [0.2, 0.25) is 0 Å². The Morgan fingerprint density at radius 1 is 0.530 bits per heavy atom. The highest BCUT2D eigenvalue weighted by Gasteiger charge is 2.38. The van der Waals surface area contributed by atoms with Gasteiger partial charge in [0.1, 0.15) is 22.5 Å². The standard InChI is InChI=1S/C61H50BN2O2/c1-59(2,3)36-18-21-38(22-19-36)63-50-32-48-43(39-23-20-37(60(4,5)6)28-47(39)61(48,7)8)29-44(50)41-24-25-42-45-31-56-46(40-16-12-13-17-53(40)65-56)30-51(45)64-52-33-55-35(26-49(52)62-57(41)58(42)64)27-54(66-55)34-14-10-9-11-15-34/h9-33,63H,1-8H3. The molecule has 0 unspecified atom stereocenters. The van der Waals surface area contributed by atoms with Gasteiger partial charge in [0.25, 0.3) is 0 Å². The molecular formula is C61H50BN2O2. The summed E-state index contributed by atoms with van der Waals surface area (Å²) in [6.07, 6.45) is 0. The molecule has 1 N–H and O–H groups in total. The van der Waals surface area contributed by atoms with E-state index in [1.807, 2.05) is 12.1 Å². The smallest absolute Gasteiger partial charge is 0.197 e.